The summed E-state index contributed by atoms with van der Waals surface area (Å²) in [7, 11) is 1.66. The average Bonchev–Trinajstić information content (AvgIpc) is 3.74. The number of aromatic nitrogens is 2. The molecule has 3 N–H and O–H groups in total. The third-order valence-corrected chi connectivity index (χ3v) is 8.45. The zero-order chi connectivity index (χ0) is 30.5. The monoisotopic (exact) mass is 611 g/mol. The molecule has 224 valence electrons. The Kier molecular flexibility index (Phi) is 8.60. The molecule has 2 amide bonds. The molecule has 0 saturated heterocycles. The molecule has 3 heterocycles. The van der Waals surface area contributed by atoms with Gasteiger partial charge in [0.25, 0.3) is 0 Å². The van der Waals surface area contributed by atoms with Crippen LogP contribution >= 0.6 is 11.3 Å². The Balaban J connectivity index is 1.14. The molecule has 0 unspecified atom stereocenters. The van der Waals surface area contributed by atoms with E-state index in [0.717, 1.165) is 27.5 Å². The van der Waals surface area contributed by atoms with Crippen LogP contribution in [0.25, 0.3) is 20.8 Å². The summed E-state index contributed by atoms with van der Waals surface area (Å²) in [6.07, 6.45) is 2.46. The first kappa shape index (κ1) is 29.4. The van der Waals surface area contributed by atoms with Crippen LogP contribution in [0.1, 0.15) is 18.5 Å². The number of pyridine rings is 2. The van der Waals surface area contributed by atoms with Gasteiger partial charge in [-0.05, 0) is 55.3 Å². The number of carbonyl (C=O) groups excluding carboxylic acids is 2. The van der Waals surface area contributed by atoms with E-state index in [2.05, 4.69) is 20.9 Å². The summed E-state index contributed by atoms with van der Waals surface area (Å²) in [6.45, 7) is 1.97. The number of hydrogen-bond donors (Lipinski definition) is 3. The minimum atomic E-state index is -1.17. The van der Waals surface area contributed by atoms with Crippen molar-refractivity contribution in [2.75, 3.05) is 30.9 Å². The number of anilines is 2. The summed E-state index contributed by atoms with van der Waals surface area (Å²) >= 11 is 1.46. The van der Waals surface area contributed by atoms with Crippen LogP contribution in [0.2, 0.25) is 0 Å². The van der Waals surface area contributed by atoms with Crippen molar-refractivity contribution >= 4 is 44.7 Å². The Morgan fingerprint density at radius 2 is 1.73 bits per heavy atom. The highest BCUT2D eigenvalue weighted by molar-refractivity contribution is 7.22. The summed E-state index contributed by atoms with van der Waals surface area (Å²) < 4.78 is 27.0. The van der Waals surface area contributed by atoms with Crippen LogP contribution in [0.15, 0.2) is 85.1 Å². The van der Waals surface area contributed by atoms with Crippen molar-refractivity contribution < 1.29 is 23.5 Å². The predicted octanol–water partition coefficient (Wildman–Crippen LogP) is 6.38. The Labute approximate surface area is 257 Å². The van der Waals surface area contributed by atoms with Gasteiger partial charge in [0.05, 0.1) is 33.1 Å². The van der Waals surface area contributed by atoms with Crippen molar-refractivity contribution in [2.45, 2.75) is 19.4 Å². The maximum Gasteiger partial charge on any atom is 0.240 e. The SMILES string of the molecule is COCCNCc1cccc(-c2cc3nccc(Oc4ccc(NC(=O)C5(C(=O)Nc6ccccc6)CC5)cc4F)c3s2)n1. The van der Waals surface area contributed by atoms with Crippen LogP contribution in [0.5, 0.6) is 11.5 Å². The quantitative estimate of drug-likeness (QED) is 0.111. The number of para-hydroxylation sites is 1. The van der Waals surface area contributed by atoms with Crippen molar-refractivity contribution in [2.24, 2.45) is 5.41 Å². The van der Waals surface area contributed by atoms with E-state index in [-0.39, 0.29) is 17.3 Å². The first-order valence-electron chi connectivity index (χ1n) is 14.1. The number of benzene rings is 2. The van der Waals surface area contributed by atoms with Gasteiger partial charge in [-0.3, -0.25) is 19.6 Å². The number of ether oxygens (including phenoxy) is 2. The molecule has 1 fully saturated rings. The van der Waals surface area contributed by atoms with Crippen LogP contribution in [0, 0.1) is 11.2 Å². The van der Waals surface area contributed by atoms with Gasteiger partial charge < -0.3 is 25.4 Å². The van der Waals surface area contributed by atoms with Gasteiger partial charge in [-0.2, -0.15) is 0 Å². The average molecular weight is 612 g/mol. The summed E-state index contributed by atoms with van der Waals surface area (Å²) in [5.74, 6) is -1.05. The molecule has 11 heteroatoms. The number of nitrogens with zero attached hydrogens (tertiary/aromatic N) is 2. The maximum absolute atomic E-state index is 15.2. The highest BCUT2D eigenvalue weighted by Crippen LogP contribution is 2.47. The second-order valence-electron chi connectivity index (χ2n) is 10.4. The lowest BCUT2D eigenvalue weighted by Gasteiger charge is -2.16. The zero-order valence-corrected chi connectivity index (χ0v) is 24.7. The first-order chi connectivity index (χ1) is 21.4. The van der Waals surface area contributed by atoms with Gasteiger partial charge in [0.2, 0.25) is 11.8 Å². The van der Waals surface area contributed by atoms with Crippen molar-refractivity contribution in [1.82, 2.24) is 15.3 Å². The molecule has 2 aromatic carbocycles. The van der Waals surface area contributed by atoms with Gasteiger partial charge in [0, 0.05) is 49.9 Å². The molecule has 44 heavy (non-hydrogen) atoms. The van der Waals surface area contributed by atoms with E-state index in [9.17, 15) is 9.59 Å². The van der Waals surface area contributed by atoms with Gasteiger partial charge >= 0.3 is 0 Å². The fraction of sp³-hybridized carbons (Fsp3) is 0.212. The van der Waals surface area contributed by atoms with Crippen LogP contribution in [0.4, 0.5) is 15.8 Å². The molecule has 0 atom stereocenters. The fourth-order valence-electron chi connectivity index (χ4n) is 4.71. The van der Waals surface area contributed by atoms with Crippen molar-refractivity contribution in [1.29, 1.82) is 0 Å². The van der Waals surface area contributed by atoms with Crippen molar-refractivity contribution in [3.63, 3.8) is 0 Å². The molecule has 0 bridgehead atoms. The summed E-state index contributed by atoms with van der Waals surface area (Å²) in [4.78, 5) is 36.0. The van der Waals surface area contributed by atoms with Gasteiger partial charge in [0.1, 0.15) is 11.2 Å². The lowest BCUT2D eigenvalue weighted by molar-refractivity contribution is -0.131. The Hall–Kier alpha value is -4.71. The standard InChI is InChI=1S/C33H30FN5O4S/c1-42-17-16-35-20-23-8-5-9-25(37-23)29-19-26-30(44-29)28(12-15-36-26)43-27-11-10-22(18-24(27)34)39-32(41)33(13-14-33)31(40)38-21-6-3-2-4-7-21/h2-12,15,18-19,35H,13-14,16-17,20H2,1H3,(H,38,40)(H,39,41). The predicted molar refractivity (Wildman–Crippen MR) is 168 cm³/mol. The summed E-state index contributed by atoms with van der Waals surface area (Å²) in [6, 6.07) is 22.6. The molecule has 5 aromatic rings. The third kappa shape index (κ3) is 6.45. The molecule has 0 aliphatic heterocycles. The van der Waals surface area contributed by atoms with E-state index in [1.54, 1.807) is 49.7 Å². The lowest BCUT2D eigenvalue weighted by atomic mass is 10.0. The molecule has 1 saturated carbocycles. The van der Waals surface area contributed by atoms with Crippen LogP contribution < -0.4 is 20.7 Å². The minimum Gasteiger partial charge on any atom is -0.453 e. The van der Waals surface area contributed by atoms with Gasteiger partial charge in [-0.1, -0.05) is 24.3 Å². The zero-order valence-electron chi connectivity index (χ0n) is 23.9. The lowest BCUT2D eigenvalue weighted by Crippen LogP contribution is -2.35. The molecule has 9 nitrogen and oxygen atoms in total. The molecule has 3 aromatic heterocycles. The normalized spacial score (nSPS) is 13.4. The second-order valence-corrected chi connectivity index (χ2v) is 11.5. The molecule has 0 radical (unpaired) electrons. The first-order valence-corrected chi connectivity index (χ1v) is 15.0. The molecular formula is C33H30FN5O4S. The largest absolute Gasteiger partial charge is 0.453 e. The van der Waals surface area contributed by atoms with Gasteiger partial charge in [0.15, 0.2) is 11.6 Å². The van der Waals surface area contributed by atoms with Gasteiger partial charge in [-0.25, -0.2) is 4.39 Å². The summed E-state index contributed by atoms with van der Waals surface area (Å²) in [5.41, 5.74) is 2.10. The number of halogens is 1. The maximum atomic E-state index is 15.2. The van der Waals surface area contributed by atoms with E-state index < -0.39 is 17.1 Å². The van der Waals surface area contributed by atoms with Crippen LogP contribution in [-0.2, 0) is 20.9 Å². The number of carbonyl (C=O) groups is 2. The van der Waals surface area contributed by atoms with E-state index in [1.165, 1.54) is 23.5 Å². The number of fused-ring (bicyclic) bond motifs is 1. The smallest absolute Gasteiger partial charge is 0.240 e. The number of amides is 2. The van der Waals surface area contributed by atoms with Crippen LogP contribution in [0.3, 0.4) is 0 Å². The van der Waals surface area contributed by atoms with E-state index in [1.807, 2.05) is 30.3 Å². The van der Waals surface area contributed by atoms with Crippen LogP contribution in [-0.4, -0.2) is 42.0 Å². The Bertz CT molecular complexity index is 1810. The molecule has 1 aliphatic carbocycles. The van der Waals surface area contributed by atoms with Gasteiger partial charge in [-0.15, -0.1) is 11.3 Å². The summed E-state index contributed by atoms with van der Waals surface area (Å²) in [5, 5.41) is 8.78. The highest BCUT2D eigenvalue weighted by atomic mass is 32.1. The fourth-order valence-corrected chi connectivity index (χ4v) is 5.75. The van der Waals surface area contributed by atoms with E-state index in [0.29, 0.717) is 42.9 Å². The number of rotatable bonds is 12. The molecule has 1 aliphatic rings. The highest BCUT2D eigenvalue weighted by Gasteiger charge is 2.56. The Morgan fingerprint density at radius 1 is 0.932 bits per heavy atom. The van der Waals surface area contributed by atoms with Crippen molar-refractivity contribution in [3.05, 3.63) is 96.6 Å². The van der Waals surface area contributed by atoms with E-state index in [4.69, 9.17) is 14.5 Å². The number of hydrogen-bond acceptors (Lipinski definition) is 8. The number of nitrogens with one attached hydrogen (secondary N) is 3. The topological polar surface area (TPSA) is 114 Å². The molecule has 0 spiro atoms. The third-order valence-electron chi connectivity index (χ3n) is 7.28. The van der Waals surface area contributed by atoms with E-state index >= 15 is 4.39 Å². The molecule has 6 rings (SSSR count). The number of methoxy groups -OCH3 is 1. The number of thiophene rings is 1. The van der Waals surface area contributed by atoms with Crippen molar-refractivity contribution in [3.8, 4) is 22.1 Å². The second kappa shape index (κ2) is 12.9. The molecular weight excluding hydrogens is 581 g/mol. The Morgan fingerprint density at radius 3 is 2.48 bits per heavy atom. The minimum absolute atomic E-state index is 0.00402.